The largest absolute Gasteiger partial charge is 0.340 e. The van der Waals surface area contributed by atoms with Crippen LogP contribution < -0.4 is 5.32 Å². The maximum absolute atomic E-state index is 11.8. The minimum atomic E-state index is 0. The quantitative estimate of drug-likeness (QED) is 0.672. The van der Waals surface area contributed by atoms with Crippen LogP contribution >= 0.6 is 12.4 Å². The van der Waals surface area contributed by atoms with Crippen LogP contribution in [0.25, 0.3) is 0 Å². The Hall–Kier alpha value is -0.280. The average Bonchev–Trinajstić information content (AvgIpc) is 2.20. The van der Waals surface area contributed by atoms with Gasteiger partial charge in [0.15, 0.2) is 0 Å². The third-order valence-corrected chi connectivity index (χ3v) is 2.54. The fourth-order valence-electron chi connectivity index (χ4n) is 1.58. The number of amides is 1. The van der Waals surface area contributed by atoms with E-state index in [-0.39, 0.29) is 18.3 Å². The molecule has 0 saturated carbocycles. The summed E-state index contributed by atoms with van der Waals surface area (Å²) in [5.74, 6) is 0.274. The smallest absolute Gasteiger partial charge is 0.224 e. The molecular weight excluding hydrogens is 224 g/mol. The van der Waals surface area contributed by atoms with E-state index in [4.69, 9.17) is 0 Å². The minimum Gasteiger partial charge on any atom is -0.340 e. The first-order chi connectivity index (χ1) is 7.13. The Balaban J connectivity index is 0. The number of rotatable bonds is 8. The Morgan fingerprint density at radius 3 is 2.38 bits per heavy atom. The molecular formula is C12H27ClN2O. The topological polar surface area (TPSA) is 32.3 Å². The fraction of sp³-hybridized carbons (Fsp3) is 0.917. The molecule has 0 unspecified atom stereocenters. The summed E-state index contributed by atoms with van der Waals surface area (Å²) in [5.41, 5.74) is 0. The summed E-state index contributed by atoms with van der Waals surface area (Å²) >= 11 is 0. The molecule has 16 heavy (non-hydrogen) atoms. The maximum Gasteiger partial charge on any atom is 0.224 e. The summed E-state index contributed by atoms with van der Waals surface area (Å²) < 4.78 is 0. The molecule has 0 fully saturated rings. The van der Waals surface area contributed by atoms with Gasteiger partial charge in [0.05, 0.1) is 0 Å². The number of carbonyl (C=O) groups is 1. The first-order valence-corrected chi connectivity index (χ1v) is 6.07. The number of carbonyl (C=O) groups excluding carboxylic acids is 1. The van der Waals surface area contributed by atoms with Crippen molar-refractivity contribution in [3.63, 3.8) is 0 Å². The van der Waals surface area contributed by atoms with Gasteiger partial charge in [0, 0.05) is 25.6 Å². The van der Waals surface area contributed by atoms with Gasteiger partial charge in [-0.3, -0.25) is 4.79 Å². The molecule has 1 amide bonds. The van der Waals surface area contributed by atoms with E-state index < -0.39 is 0 Å². The van der Waals surface area contributed by atoms with Gasteiger partial charge >= 0.3 is 0 Å². The Bertz CT molecular complexity index is 174. The molecule has 3 nitrogen and oxygen atoms in total. The lowest BCUT2D eigenvalue weighted by Gasteiger charge is -2.26. The van der Waals surface area contributed by atoms with Crippen molar-refractivity contribution in [3.8, 4) is 0 Å². The highest BCUT2D eigenvalue weighted by molar-refractivity contribution is 5.85. The highest BCUT2D eigenvalue weighted by atomic mass is 35.5. The van der Waals surface area contributed by atoms with Crippen LogP contribution in [0, 0.1) is 0 Å². The van der Waals surface area contributed by atoms with Crippen molar-refractivity contribution in [1.82, 2.24) is 10.2 Å². The van der Waals surface area contributed by atoms with Crippen LogP contribution in [-0.2, 0) is 4.79 Å². The molecule has 0 aromatic heterocycles. The second kappa shape index (κ2) is 11.2. The molecule has 0 saturated heterocycles. The van der Waals surface area contributed by atoms with E-state index in [1.54, 1.807) is 0 Å². The number of halogens is 1. The van der Waals surface area contributed by atoms with Gasteiger partial charge in [-0.25, -0.2) is 0 Å². The Morgan fingerprint density at radius 1 is 1.31 bits per heavy atom. The molecule has 0 atom stereocenters. The molecule has 0 aromatic rings. The highest BCUT2D eigenvalue weighted by Crippen LogP contribution is 2.05. The van der Waals surface area contributed by atoms with Gasteiger partial charge in [-0.15, -0.1) is 12.4 Å². The van der Waals surface area contributed by atoms with Crippen LogP contribution in [0.1, 0.15) is 46.5 Å². The molecule has 0 spiro atoms. The van der Waals surface area contributed by atoms with E-state index in [1.807, 2.05) is 11.9 Å². The predicted octanol–water partition coefficient (Wildman–Crippen LogP) is 2.44. The third kappa shape index (κ3) is 7.94. The summed E-state index contributed by atoms with van der Waals surface area (Å²) in [6, 6.07) is 0.325. The van der Waals surface area contributed by atoms with Crippen molar-refractivity contribution in [1.29, 1.82) is 0 Å². The second-order valence-electron chi connectivity index (χ2n) is 4.24. The normalized spacial score (nSPS) is 10.1. The molecule has 0 aliphatic carbocycles. The molecule has 98 valence electrons. The van der Waals surface area contributed by atoms with Gasteiger partial charge in [0.25, 0.3) is 0 Å². The van der Waals surface area contributed by atoms with Crippen LogP contribution in [0.3, 0.4) is 0 Å². The molecule has 0 heterocycles. The zero-order valence-electron chi connectivity index (χ0n) is 11.1. The van der Waals surface area contributed by atoms with Gasteiger partial charge in [-0.05, 0) is 27.3 Å². The zero-order valence-corrected chi connectivity index (χ0v) is 11.9. The SMILES string of the molecule is CCCCCN(C(=O)CCNC)C(C)C.Cl. The third-order valence-electron chi connectivity index (χ3n) is 2.54. The van der Waals surface area contributed by atoms with Gasteiger partial charge in [0.2, 0.25) is 5.91 Å². The van der Waals surface area contributed by atoms with Crippen molar-refractivity contribution >= 4 is 18.3 Å². The summed E-state index contributed by atoms with van der Waals surface area (Å²) in [4.78, 5) is 13.8. The number of unbranched alkanes of at least 4 members (excludes halogenated alkanes) is 2. The van der Waals surface area contributed by atoms with Gasteiger partial charge in [-0.1, -0.05) is 19.8 Å². The summed E-state index contributed by atoms with van der Waals surface area (Å²) in [6.07, 6.45) is 4.15. The van der Waals surface area contributed by atoms with Crippen LogP contribution in [0.4, 0.5) is 0 Å². The predicted molar refractivity (Wildman–Crippen MR) is 72.2 cm³/mol. The number of nitrogens with one attached hydrogen (secondary N) is 1. The summed E-state index contributed by atoms with van der Waals surface area (Å²) in [6.45, 7) is 8.04. The molecule has 0 bridgehead atoms. The fourth-order valence-corrected chi connectivity index (χ4v) is 1.58. The van der Waals surface area contributed by atoms with E-state index in [2.05, 4.69) is 26.1 Å². The van der Waals surface area contributed by atoms with Crippen LogP contribution in [0.2, 0.25) is 0 Å². The standard InChI is InChI=1S/C12H26N2O.ClH/c1-5-6-7-10-14(11(2)3)12(15)8-9-13-4;/h11,13H,5-10H2,1-4H3;1H. The molecule has 0 aliphatic heterocycles. The molecule has 1 N–H and O–H groups in total. The first kappa shape index (κ1) is 18.1. The lowest BCUT2D eigenvalue weighted by molar-refractivity contribution is -0.132. The van der Waals surface area contributed by atoms with Gasteiger partial charge in [-0.2, -0.15) is 0 Å². The monoisotopic (exact) mass is 250 g/mol. The molecule has 0 radical (unpaired) electrons. The van der Waals surface area contributed by atoms with Crippen molar-refractivity contribution < 1.29 is 4.79 Å². The van der Waals surface area contributed by atoms with E-state index in [0.717, 1.165) is 19.5 Å². The second-order valence-corrected chi connectivity index (χ2v) is 4.24. The molecule has 0 aliphatic rings. The minimum absolute atomic E-state index is 0. The number of nitrogens with zero attached hydrogens (tertiary/aromatic N) is 1. The van der Waals surface area contributed by atoms with E-state index in [1.165, 1.54) is 12.8 Å². The molecule has 0 aromatic carbocycles. The first-order valence-electron chi connectivity index (χ1n) is 6.07. The van der Waals surface area contributed by atoms with Crippen molar-refractivity contribution in [2.45, 2.75) is 52.5 Å². The number of hydrogen-bond acceptors (Lipinski definition) is 2. The van der Waals surface area contributed by atoms with E-state index >= 15 is 0 Å². The van der Waals surface area contributed by atoms with Crippen LogP contribution in [-0.4, -0.2) is 37.0 Å². The van der Waals surface area contributed by atoms with E-state index in [9.17, 15) is 4.79 Å². The van der Waals surface area contributed by atoms with Crippen LogP contribution in [0.5, 0.6) is 0 Å². The Labute approximate surface area is 106 Å². The summed E-state index contributed by atoms with van der Waals surface area (Å²) in [5, 5.41) is 3.01. The number of hydrogen-bond donors (Lipinski definition) is 1. The van der Waals surface area contributed by atoms with Crippen molar-refractivity contribution in [2.75, 3.05) is 20.1 Å². The maximum atomic E-state index is 11.8. The zero-order chi connectivity index (χ0) is 11.7. The van der Waals surface area contributed by atoms with Gasteiger partial charge in [0.1, 0.15) is 0 Å². The summed E-state index contributed by atoms with van der Waals surface area (Å²) in [7, 11) is 1.88. The average molecular weight is 251 g/mol. The molecule has 0 rings (SSSR count). The van der Waals surface area contributed by atoms with E-state index in [0.29, 0.717) is 12.5 Å². The lowest BCUT2D eigenvalue weighted by Crippen LogP contribution is -2.38. The van der Waals surface area contributed by atoms with Crippen molar-refractivity contribution in [2.24, 2.45) is 0 Å². The Morgan fingerprint density at radius 2 is 1.94 bits per heavy atom. The molecule has 4 heteroatoms. The highest BCUT2D eigenvalue weighted by Gasteiger charge is 2.15. The van der Waals surface area contributed by atoms with Crippen LogP contribution in [0.15, 0.2) is 0 Å². The van der Waals surface area contributed by atoms with Crippen molar-refractivity contribution in [3.05, 3.63) is 0 Å². The lowest BCUT2D eigenvalue weighted by atomic mass is 10.2. The van der Waals surface area contributed by atoms with Gasteiger partial charge < -0.3 is 10.2 Å². The Kier molecular flexibility index (Phi) is 12.7.